The Hall–Kier alpha value is -2.83. The van der Waals surface area contributed by atoms with Gasteiger partial charge in [-0.15, -0.1) is 0 Å². The lowest BCUT2D eigenvalue weighted by atomic mass is 9.99. The van der Waals surface area contributed by atoms with Gasteiger partial charge in [-0.2, -0.15) is 4.98 Å². The lowest BCUT2D eigenvalue weighted by Gasteiger charge is -2.35. The van der Waals surface area contributed by atoms with Gasteiger partial charge in [0, 0.05) is 44.7 Å². The number of fused-ring (bicyclic) bond motifs is 1. The van der Waals surface area contributed by atoms with Crippen molar-refractivity contribution in [1.82, 2.24) is 14.9 Å². The number of aromatic nitrogens is 2. The molecule has 4 rings (SSSR count). The van der Waals surface area contributed by atoms with Crippen molar-refractivity contribution in [2.24, 2.45) is 5.92 Å². The average molecular weight is 438 g/mol. The second kappa shape index (κ2) is 9.76. The molecule has 0 bridgehead atoms. The van der Waals surface area contributed by atoms with E-state index in [2.05, 4.69) is 37.6 Å². The minimum Gasteiger partial charge on any atom is -0.445 e. The fourth-order valence-electron chi connectivity index (χ4n) is 4.24. The van der Waals surface area contributed by atoms with E-state index >= 15 is 0 Å². The Morgan fingerprint density at radius 3 is 2.56 bits per heavy atom. The Morgan fingerprint density at radius 2 is 1.88 bits per heavy atom. The van der Waals surface area contributed by atoms with Crippen LogP contribution in [0.25, 0.3) is 0 Å². The standard InChI is InChI=1S/C25H35N5O2/c1-18(2)28(4)23-21-16-30(25(31)32-17-20-8-6-5-7-9-20)15-12-22(21)26-24(27-23)29-13-10-19(3)11-14-29/h5-9,18-19H,10-17H2,1-4H3. The van der Waals surface area contributed by atoms with Gasteiger partial charge in [0.05, 0.1) is 12.2 Å². The van der Waals surface area contributed by atoms with Crippen LogP contribution in [0.4, 0.5) is 16.6 Å². The van der Waals surface area contributed by atoms with Crippen LogP contribution in [0.15, 0.2) is 30.3 Å². The summed E-state index contributed by atoms with van der Waals surface area (Å²) in [7, 11) is 2.07. The zero-order valence-electron chi connectivity index (χ0n) is 19.8. The summed E-state index contributed by atoms with van der Waals surface area (Å²) in [6, 6.07) is 10.1. The molecule has 32 heavy (non-hydrogen) atoms. The van der Waals surface area contributed by atoms with Crippen molar-refractivity contribution in [3.8, 4) is 0 Å². The van der Waals surface area contributed by atoms with Crippen molar-refractivity contribution in [2.75, 3.05) is 36.5 Å². The highest BCUT2D eigenvalue weighted by atomic mass is 16.6. The molecule has 0 radical (unpaired) electrons. The van der Waals surface area contributed by atoms with Gasteiger partial charge in [0.1, 0.15) is 12.4 Å². The van der Waals surface area contributed by atoms with Crippen LogP contribution in [0.5, 0.6) is 0 Å². The van der Waals surface area contributed by atoms with Crippen LogP contribution >= 0.6 is 0 Å². The Labute approximate surface area is 191 Å². The number of amides is 1. The molecule has 2 aliphatic heterocycles. The van der Waals surface area contributed by atoms with Crippen LogP contribution < -0.4 is 9.80 Å². The van der Waals surface area contributed by atoms with E-state index in [4.69, 9.17) is 14.7 Å². The number of hydrogen-bond donors (Lipinski definition) is 0. The van der Waals surface area contributed by atoms with Gasteiger partial charge < -0.3 is 19.4 Å². The van der Waals surface area contributed by atoms with Gasteiger partial charge in [0.2, 0.25) is 5.95 Å². The third-order valence-corrected chi connectivity index (χ3v) is 6.67. The highest BCUT2D eigenvalue weighted by Gasteiger charge is 2.29. The molecule has 0 atom stereocenters. The summed E-state index contributed by atoms with van der Waals surface area (Å²) in [5.41, 5.74) is 3.09. The maximum Gasteiger partial charge on any atom is 0.410 e. The van der Waals surface area contributed by atoms with E-state index in [0.717, 1.165) is 47.6 Å². The first-order valence-electron chi connectivity index (χ1n) is 11.8. The fraction of sp³-hybridized carbons (Fsp3) is 0.560. The summed E-state index contributed by atoms with van der Waals surface area (Å²) in [4.78, 5) is 29.0. The normalized spacial score (nSPS) is 16.8. The van der Waals surface area contributed by atoms with Gasteiger partial charge in [0.25, 0.3) is 0 Å². The first kappa shape index (κ1) is 22.4. The highest BCUT2D eigenvalue weighted by molar-refractivity contribution is 5.69. The Morgan fingerprint density at radius 1 is 1.16 bits per heavy atom. The fourth-order valence-corrected chi connectivity index (χ4v) is 4.24. The third-order valence-electron chi connectivity index (χ3n) is 6.67. The second-order valence-electron chi connectivity index (χ2n) is 9.36. The van der Waals surface area contributed by atoms with E-state index in [1.165, 1.54) is 12.8 Å². The van der Waals surface area contributed by atoms with Gasteiger partial charge >= 0.3 is 6.09 Å². The maximum atomic E-state index is 12.8. The molecule has 0 N–H and O–H groups in total. The van der Waals surface area contributed by atoms with Crippen LogP contribution in [0.3, 0.4) is 0 Å². The number of piperidine rings is 1. The van der Waals surface area contributed by atoms with Crippen LogP contribution in [0.1, 0.15) is 50.4 Å². The van der Waals surface area contributed by atoms with Crippen molar-refractivity contribution in [2.45, 2.75) is 59.2 Å². The highest BCUT2D eigenvalue weighted by Crippen LogP contribution is 2.31. The second-order valence-corrected chi connectivity index (χ2v) is 9.36. The molecule has 1 saturated heterocycles. The van der Waals surface area contributed by atoms with Crippen molar-refractivity contribution in [3.63, 3.8) is 0 Å². The smallest absolute Gasteiger partial charge is 0.410 e. The number of rotatable bonds is 5. The lowest BCUT2D eigenvalue weighted by molar-refractivity contribution is 0.0916. The molecular formula is C25H35N5O2. The molecule has 1 amide bonds. The van der Waals surface area contributed by atoms with E-state index in [1.54, 1.807) is 4.90 Å². The molecule has 0 spiro atoms. The SMILES string of the molecule is CC1CCN(c2nc3c(c(N(C)C(C)C)n2)CN(C(=O)OCc2ccccc2)CC3)CC1. The summed E-state index contributed by atoms with van der Waals surface area (Å²) < 4.78 is 5.58. The third kappa shape index (κ3) is 4.97. The first-order chi connectivity index (χ1) is 15.4. The molecule has 1 fully saturated rings. The van der Waals surface area contributed by atoms with Crippen molar-refractivity contribution in [1.29, 1.82) is 0 Å². The molecule has 3 heterocycles. The van der Waals surface area contributed by atoms with Crippen LogP contribution in [-0.2, 0) is 24.3 Å². The van der Waals surface area contributed by atoms with E-state index in [-0.39, 0.29) is 12.7 Å². The zero-order chi connectivity index (χ0) is 22.7. The predicted octanol–water partition coefficient (Wildman–Crippen LogP) is 4.25. The molecule has 7 heteroatoms. The lowest BCUT2D eigenvalue weighted by Crippen LogP contribution is -2.40. The van der Waals surface area contributed by atoms with Crippen LogP contribution in [0, 0.1) is 5.92 Å². The number of carbonyl (C=O) groups is 1. The largest absolute Gasteiger partial charge is 0.445 e. The zero-order valence-corrected chi connectivity index (χ0v) is 19.8. The monoisotopic (exact) mass is 437 g/mol. The molecule has 0 aliphatic carbocycles. The molecule has 172 valence electrons. The summed E-state index contributed by atoms with van der Waals surface area (Å²) in [6.45, 7) is 10.0. The molecule has 0 saturated carbocycles. The van der Waals surface area contributed by atoms with Gasteiger partial charge in [-0.05, 0) is 38.2 Å². The van der Waals surface area contributed by atoms with E-state index in [9.17, 15) is 4.79 Å². The van der Waals surface area contributed by atoms with E-state index in [0.29, 0.717) is 25.6 Å². The molecule has 2 aliphatic rings. The summed E-state index contributed by atoms with van der Waals surface area (Å²) in [6.07, 6.45) is 2.79. The maximum absolute atomic E-state index is 12.8. The summed E-state index contributed by atoms with van der Waals surface area (Å²) >= 11 is 0. The molecule has 0 unspecified atom stereocenters. The molecular weight excluding hydrogens is 402 g/mol. The summed E-state index contributed by atoms with van der Waals surface area (Å²) in [5.74, 6) is 2.52. The number of anilines is 2. The number of ether oxygens (including phenoxy) is 1. The van der Waals surface area contributed by atoms with Gasteiger partial charge in [0.15, 0.2) is 0 Å². The van der Waals surface area contributed by atoms with E-state index in [1.807, 2.05) is 30.3 Å². The number of nitrogens with zero attached hydrogens (tertiary/aromatic N) is 5. The topological polar surface area (TPSA) is 61.8 Å². The summed E-state index contributed by atoms with van der Waals surface area (Å²) in [5, 5.41) is 0. The Kier molecular flexibility index (Phi) is 6.82. The van der Waals surface area contributed by atoms with Crippen LogP contribution in [-0.4, -0.2) is 53.7 Å². The Balaban J connectivity index is 1.54. The predicted molar refractivity (Wildman–Crippen MR) is 127 cm³/mol. The van der Waals surface area contributed by atoms with Crippen molar-refractivity contribution in [3.05, 3.63) is 47.2 Å². The Bertz CT molecular complexity index is 925. The minimum atomic E-state index is -0.285. The minimum absolute atomic E-state index is 0.282. The molecule has 1 aromatic carbocycles. The van der Waals surface area contributed by atoms with Gasteiger partial charge in [-0.1, -0.05) is 37.3 Å². The first-order valence-corrected chi connectivity index (χ1v) is 11.8. The van der Waals surface area contributed by atoms with Crippen LogP contribution in [0.2, 0.25) is 0 Å². The number of hydrogen-bond acceptors (Lipinski definition) is 6. The quantitative estimate of drug-likeness (QED) is 0.697. The van der Waals surface area contributed by atoms with Crippen molar-refractivity contribution < 1.29 is 9.53 Å². The molecule has 2 aromatic rings. The van der Waals surface area contributed by atoms with Crippen molar-refractivity contribution >= 4 is 17.9 Å². The number of benzene rings is 1. The van der Waals surface area contributed by atoms with Gasteiger partial charge in [-0.25, -0.2) is 9.78 Å². The van der Waals surface area contributed by atoms with E-state index < -0.39 is 0 Å². The molecule has 1 aromatic heterocycles. The number of carbonyl (C=O) groups excluding carboxylic acids is 1. The molecule has 7 nitrogen and oxygen atoms in total. The van der Waals surface area contributed by atoms with Gasteiger partial charge in [-0.3, -0.25) is 0 Å². The average Bonchev–Trinajstić information content (AvgIpc) is 2.82.